The van der Waals surface area contributed by atoms with E-state index in [-0.39, 0.29) is 5.91 Å². The number of hydrogen-bond donors (Lipinski definition) is 2. The number of hydrogen-bond acceptors (Lipinski definition) is 7. The number of nitrogens with one attached hydrogen (secondary N) is 2. The minimum absolute atomic E-state index is 0.0108. The van der Waals surface area contributed by atoms with E-state index in [1.54, 1.807) is 29.4 Å². The van der Waals surface area contributed by atoms with Crippen molar-refractivity contribution in [2.75, 3.05) is 0 Å². The van der Waals surface area contributed by atoms with Crippen LogP contribution in [0.1, 0.15) is 24.6 Å². The third kappa shape index (κ3) is 3.07. The van der Waals surface area contributed by atoms with Gasteiger partial charge in [0.15, 0.2) is 5.65 Å². The van der Waals surface area contributed by atoms with Crippen LogP contribution < -0.4 is 0 Å². The van der Waals surface area contributed by atoms with E-state index in [1.807, 2.05) is 37.3 Å². The number of carbonyl (C=O) groups is 1. The molecule has 5 aromatic rings. The van der Waals surface area contributed by atoms with Crippen molar-refractivity contribution in [3.8, 4) is 11.3 Å². The summed E-state index contributed by atoms with van der Waals surface area (Å²) < 4.78 is 2.65. The van der Waals surface area contributed by atoms with Crippen molar-refractivity contribution < 1.29 is 4.79 Å². The molecule has 0 saturated carbocycles. The zero-order valence-electron chi connectivity index (χ0n) is 18.6. The van der Waals surface area contributed by atoms with E-state index < -0.39 is 0 Å². The molecule has 0 aliphatic carbocycles. The molecule has 10 heteroatoms. The van der Waals surface area contributed by atoms with Gasteiger partial charge in [-0.2, -0.15) is 0 Å². The summed E-state index contributed by atoms with van der Waals surface area (Å²) in [5.41, 5.74) is 6.77. The highest BCUT2D eigenvalue weighted by molar-refractivity contribution is 7.24. The summed E-state index contributed by atoms with van der Waals surface area (Å²) in [6.07, 6.45) is 8.17. The van der Waals surface area contributed by atoms with Crippen molar-refractivity contribution in [2.45, 2.75) is 19.8 Å². The fourth-order valence-corrected chi connectivity index (χ4v) is 5.50. The number of nitrogens with zero attached hydrogens (tertiary/aromatic N) is 6. The molecule has 0 amide bonds. The van der Waals surface area contributed by atoms with Crippen molar-refractivity contribution >= 4 is 70.9 Å². The molecule has 7 rings (SSSR count). The number of imidazole rings is 1. The average molecular weight is 479 g/mol. The number of thiophene rings is 1. The Bertz CT molecular complexity index is 1960. The molecule has 0 spiro atoms. The first-order valence-electron chi connectivity index (χ1n) is 11.3. The monoisotopic (exact) mass is 478 g/mol. The van der Waals surface area contributed by atoms with E-state index >= 15 is 0 Å². The lowest BCUT2D eigenvalue weighted by atomic mass is 10.1. The summed E-state index contributed by atoms with van der Waals surface area (Å²) in [7, 11) is 0. The standard InChI is InChI=1S/C25H18N8OS/c1-2-3-20(34)33-14-8-13(10-26-11-14)17-9-15-18(12-28-17)31-32-22(15)25-29-16-6-7-27-24(23(16)30-25)19-4-5-21(33)35-19/h4-12,31-32H,2-3H2,1H3. The molecule has 0 unspecified atom stereocenters. The highest BCUT2D eigenvalue weighted by Crippen LogP contribution is 2.31. The van der Waals surface area contributed by atoms with Crippen molar-refractivity contribution in [3.63, 3.8) is 0 Å². The lowest BCUT2D eigenvalue weighted by molar-refractivity contribution is 0.0912. The van der Waals surface area contributed by atoms with E-state index in [2.05, 4.69) is 25.1 Å². The fourth-order valence-electron chi connectivity index (χ4n) is 4.46. The second-order valence-electron chi connectivity index (χ2n) is 8.36. The van der Waals surface area contributed by atoms with Gasteiger partial charge < -0.3 is 0 Å². The highest BCUT2D eigenvalue weighted by atomic mass is 32.1. The van der Waals surface area contributed by atoms with Gasteiger partial charge in [-0.25, -0.2) is 9.97 Å². The van der Waals surface area contributed by atoms with E-state index in [0.717, 1.165) is 60.2 Å². The Kier molecular flexibility index (Phi) is 4.30. The molecule has 5 aromatic heterocycles. The van der Waals surface area contributed by atoms with Crippen LogP contribution in [0.3, 0.4) is 0 Å². The van der Waals surface area contributed by atoms with Gasteiger partial charge in [-0.15, -0.1) is 11.3 Å². The lowest BCUT2D eigenvalue weighted by Gasteiger charge is -2.07. The largest absolute Gasteiger partial charge is 0.298 e. The minimum Gasteiger partial charge on any atom is -0.298 e. The molecule has 35 heavy (non-hydrogen) atoms. The summed E-state index contributed by atoms with van der Waals surface area (Å²) in [5, 5.41) is 7.18. The zero-order chi connectivity index (χ0) is 23.5. The maximum absolute atomic E-state index is 13.3. The van der Waals surface area contributed by atoms with Crippen LogP contribution in [0.5, 0.6) is 0 Å². The van der Waals surface area contributed by atoms with Crippen LogP contribution in [0.4, 0.5) is 0 Å². The summed E-state index contributed by atoms with van der Waals surface area (Å²) in [5.74, 6) is 0.0108. The van der Waals surface area contributed by atoms with Gasteiger partial charge in [-0.05, 0) is 36.8 Å². The van der Waals surface area contributed by atoms with Crippen molar-refractivity contribution in [2.24, 2.45) is 0 Å². The molecule has 0 fully saturated rings. The first-order valence-corrected chi connectivity index (χ1v) is 12.1. The highest BCUT2D eigenvalue weighted by Gasteiger charge is 2.16. The fraction of sp³-hybridized carbons (Fsp3) is 0.120. The Morgan fingerprint density at radius 3 is 2.86 bits per heavy atom. The van der Waals surface area contributed by atoms with E-state index in [4.69, 9.17) is 9.97 Å². The number of carbonyl (C=O) groups excluding carboxylic acids is 1. The molecule has 9 nitrogen and oxygen atoms in total. The predicted molar refractivity (Wildman–Crippen MR) is 137 cm³/mol. The Balaban J connectivity index is 1.73. The first-order chi connectivity index (χ1) is 17.2. The van der Waals surface area contributed by atoms with Gasteiger partial charge in [-0.3, -0.25) is 34.5 Å². The van der Waals surface area contributed by atoms with Crippen LogP contribution >= 0.6 is 11.3 Å². The van der Waals surface area contributed by atoms with Crippen LogP contribution in [0, 0.1) is 0 Å². The Hall–Kier alpha value is -4.44. The molecule has 0 aromatic carbocycles. The van der Waals surface area contributed by atoms with E-state index in [1.165, 1.54) is 11.3 Å². The molecule has 0 saturated heterocycles. The van der Waals surface area contributed by atoms with Crippen LogP contribution in [0.25, 0.3) is 64.9 Å². The maximum Gasteiger partial charge on any atom is 0.232 e. The molecule has 170 valence electrons. The van der Waals surface area contributed by atoms with Crippen LogP contribution in [-0.4, -0.2) is 45.6 Å². The number of aromatic amines is 2. The van der Waals surface area contributed by atoms with E-state index in [9.17, 15) is 4.79 Å². The third-order valence-corrected chi connectivity index (χ3v) is 7.18. The molecular formula is C25H18N8OS. The van der Waals surface area contributed by atoms with Crippen molar-refractivity contribution in [1.29, 1.82) is 0 Å². The molecule has 2 aliphatic heterocycles. The number of aromatic nitrogens is 8. The van der Waals surface area contributed by atoms with Gasteiger partial charge in [0.2, 0.25) is 5.91 Å². The second-order valence-corrected chi connectivity index (χ2v) is 9.43. The second kappa shape index (κ2) is 7.54. The first kappa shape index (κ1) is 20.0. The van der Waals surface area contributed by atoms with Crippen LogP contribution in [0.15, 0.2) is 55.1 Å². The van der Waals surface area contributed by atoms with Crippen molar-refractivity contribution in [3.05, 3.63) is 55.1 Å². The Morgan fingerprint density at radius 2 is 1.94 bits per heavy atom. The zero-order valence-corrected chi connectivity index (χ0v) is 19.4. The predicted octanol–water partition coefficient (Wildman–Crippen LogP) is 5.62. The summed E-state index contributed by atoms with van der Waals surface area (Å²) in [6, 6.07) is 9.74. The topological polar surface area (TPSA) is 118 Å². The van der Waals surface area contributed by atoms with E-state index in [0.29, 0.717) is 17.6 Å². The lowest BCUT2D eigenvalue weighted by Crippen LogP contribution is -2.10. The van der Waals surface area contributed by atoms with Gasteiger partial charge in [0.25, 0.3) is 0 Å². The van der Waals surface area contributed by atoms with Gasteiger partial charge in [-0.1, -0.05) is 6.92 Å². The van der Waals surface area contributed by atoms with Crippen LogP contribution in [-0.2, 0) is 0 Å². The smallest absolute Gasteiger partial charge is 0.232 e. The molecule has 7 heterocycles. The Morgan fingerprint density at radius 1 is 1.00 bits per heavy atom. The van der Waals surface area contributed by atoms with Gasteiger partial charge in [0, 0.05) is 29.8 Å². The van der Waals surface area contributed by atoms with Gasteiger partial charge >= 0.3 is 0 Å². The summed E-state index contributed by atoms with van der Waals surface area (Å²) >= 11 is 1.50. The maximum atomic E-state index is 13.3. The van der Waals surface area contributed by atoms with Crippen LogP contribution in [0.2, 0.25) is 0 Å². The average Bonchev–Trinajstić information content (AvgIpc) is 3.61. The van der Waals surface area contributed by atoms with Crippen molar-refractivity contribution in [1.82, 2.24) is 39.7 Å². The number of fused-ring (bicyclic) bond motifs is 9. The minimum atomic E-state index is 0.0108. The normalized spacial score (nSPS) is 11.9. The van der Waals surface area contributed by atoms with Gasteiger partial charge in [0.05, 0.1) is 39.2 Å². The molecule has 0 atom stereocenters. The third-order valence-electron chi connectivity index (χ3n) is 6.10. The summed E-state index contributed by atoms with van der Waals surface area (Å²) in [6.45, 7) is 2.00. The molecule has 2 N–H and O–H groups in total. The number of rotatable bonds is 2. The number of pyridine rings is 3. The molecule has 0 radical (unpaired) electrons. The Labute approximate surface area is 201 Å². The molecule has 8 bridgehead atoms. The number of H-pyrrole nitrogens is 2. The quantitative estimate of drug-likeness (QED) is 0.333. The van der Waals surface area contributed by atoms with Gasteiger partial charge in [0.1, 0.15) is 21.6 Å². The SMILES string of the molecule is CCCC(=O)n1c2cncc(c2)c2cc3c(cn2)[nH][nH]c-3c2nc3ccnc(c4ccc1s4)c3n2. The molecular weight excluding hydrogens is 460 g/mol. The molecule has 2 aliphatic rings. The summed E-state index contributed by atoms with van der Waals surface area (Å²) in [4.78, 5) is 37.5.